The van der Waals surface area contributed by atoms with Crippen LogP contribution < -0.4 is 31.5 Å². The van der Waals surface area contributed by atoms with Crippen molar-refractivity contribution in [1.82, 2.24) is 72.7 Å². The van der Waals surface area contributed by atoms with E-state index in [4.69, 9.17) is 10.5 Å². The predicted octanol–water partition coefficient (Wildman–Crippen LogP) is 19.0. The Kier molecular flexibility index (Phi) is 27.1. The van der Waals surface area contributed by atoms with E-state index in [2.05, 4.69) is 103 Å². The van der Waals surface area contributed by atoms with E-state index in [-0.39, 0.29) is 84.7 Å². The molecular weight excluding hydrogens is 1720 g/mol. The Morgan fingerprint density at radius 1 is 0.479 bits per heavy atom. The zero-order valence-electron chi connectivity index (χ0n) is 66.3. The zero-order valence-corrected chi connectivity index (χ0v) is 69.5. The molecule has 2 aliphatic carbocycles. The third-order valence-electron chi connectivity index (χ3n) is 19.5. The minimum absolute atomic E-state index is 0.0000150. The number of nitrogens with two attached hydrogens (primary N) is 1. The maximum absolute atomic E-state index is 13.7. The number of nitrogens with zero attached hydrogens (tertiary/aromatic N) is 17. The van der Waals surface area contributed by atoms with Crippen molar-refractivity contribution in [3.05, 3.63) is 254 Å². The molecule has 37 heteroatoms. The van der Waals surface area contributed by atoms with Crippen LogP contribution in [-0.4, -0.2) is 147 Å². The number of pyridine rings is 5. The molecule has 11 aromatic heterocycles. The standard InChI is InChI=1S/C26H31F2N7O3.C22H17F2N3.C21H23F2N7O.C9H7BrF2N2.C6H5BrF2N2/c1-15-12-34-14-20(18(23(27)28)9-21(34)31-15)32-24(36)19-10-30-22(11-29-19)33-8-7-17(13-33)35(16-5-6-16)25(37)38-26(2,3)4;1-15-13-27-14-19(18(22(23)24)12-20(27)25-15)26-21(16-8-4-2-5-9-16)17-10-6-3-7-11-17;1-12-9-30-11-17(15(20(22)23)6-18(30)26-12)28-21(31)16-7-25-19(8-24-16)29-5-4-14(10-29)27-13-2-3-13;1-5-3-14-4-7(10)6(9(11)12)2-8(14)13-5;7-4-2-11-5(10)1-3(4)6(8)9/h9-12,14,16-17,23H,5-8,13H2,1-4H3,(H,32,36);2-14,22H,1H3;6-9,11,13-14,20,27H,2-5,10H2,1H3,(H,28,31);2-4,9H,1H3;1-2,6H,(H2,10,11). The van der Waals surface area contributed by atoms with Gasteiger partial charge in [0.2, 0.25) is 0 Å². The molecule has 2 saturated heterocycles. The molecule has 5 N–H and O–H groups in total. The van der Waals surface area contributed by atoms with E-state index in [1.54, 1.807) is 74.8 Å². The first-order valence-corrected chi connectivity index (χ1v) is 40.0. The molecule has 121 heavy (non-hydrogen) atoms. The van der Waals surface area contributed by atoms with Gasteiger partial charge in [-0.1, -0.05) is 60.7 Å². The van der Waals surface area contributed by atoms with Crippen molar-refractivity contribution in [3.63, 3.8) is 0 Å². The summed E-state index contributed by atoms with van der Waals surface area (Å²) in [5.41, 5.74) is 11.2. The number of nitrogens with one attached hydrogen (secondary N) is 3. The second kappa shape index (κ2) is 37.7. The number of imidazole rings is 4. The maximum atomic E-state index is 13.7. The molecule has 2 aliphatic heterocycles. The van der Waals surface area contributed by atoms with Crippen LogP contribution in [0.1, 0.15) is 174 Å². The summed E-state index contributed by atoms with van der Waals surface area (Å²) in [6.45, 7) is 15.8. The Morgan fingerprint density at radius 3 is 1.34 bits per heavy atom. The van der Waals surface area contributed by atoms with E-state index in [9.17, 15) is 58.3 Å². The highest BCUT2D eigenvalue weighted by Gasteiger charge is 2.43. The lowest BCUT2D eigenvalue weighted by Gasteiger charge is -2.31. The van der Waals surface area contributed by atoms with Crippen LogP contribution in [0.5, 0.6) is 0 Å². The van der Waals surface area contributed by atoms with Gasteiger partial charge in [0.15, 0.2) is 0 Å². The number of benzene rings is 2. The van der Waals surface area contributed by atoms with Crippen molar-refractivity contribution in [2.45, 2.75) is 149 Å². The molecule has 17 rings (SSSR count). The van der Waals surface area contributed by atoms with Crippen LogP contribution >= 0.6 is 31.9 Å². The van der Waals surface area contributed by atoms with Crippen LogP contribution in [0, 0.1) is 27.7 Å². The van der Waals surface area contributed by atoms with Crippen LogP contribution in [0.15, 0.2) is 185 Å². The summed E-state index contributed by atoms with van der Waals surface area (Å²) in [6, 6.07) is 26.9. The van der Waals surface area contributed by atoms with Gasteiger partial charge < -0.3 is 58.7 Å². The number of amides is 3. The van der Waals surface area contributed by atoms with Gasteiger partial charge in [0.05, 0.1) is 76.4 Å². The number of halogens is 12. The zero-order chi connectivity index (χ0) is 86.3. The number of hydrogen-bond acceptors (Lipinski definition) is 18. The van der Waals surface area contributed by atoms with Gasteiger partial charge in [0.1, 0.15) is 57.0 Å². The third-order valence-corrected chi connectivity index (χ3v) is 20.9. The summed E-state index contributed by atoms with van der Waals surface area (Å²) < 4.78 is 144. The maximum Gasteiger partial charge on any atom is 0.410 e. The van der Waals surface area contributed by atoms with Crippen molar-refractivity contribution in [1.29, 1.82) is 0 Å². The van der Waals surface area contributed by atoms with Gasteiger partial charge in [0.25, 0.3) is 43.9 Å². The van der Waals surface area contributed by atoms with E-state index in [0.29, 0.717) is 81.0 Å². The Labute approximate surface area is 704 Å². The number of aliphatic imine (C=N–C) groups is 1. The number of alkyl halides is 10. The first-order chi connectivity index (χ1) is 57.7. The first-order valence-electron chi connectivity index (χ1n) is 38.4. The molecular formula is C84H83Br2F10N21O4. The Balaban J connectivity index is 0.000000138. The second-order valence-electron chi connectivity index (χ2n) is 30.2. The van der Waals surface area contributed by atoms with Crippen LogP contribution in [0.2, 0.25) is 0 Å². The molecule has 25 nitrogen and oxygen atoms in total. The summed E-state index contributed by atoms with van der Waals surface area (Å²) in [4.78, 5) is 86.6. The Bertz CT molecular complexity index is 5830. The molecule has 2 saturated carbocycles. The highest BCUT2D eigenvalue weighted by atomic mass is 79.9. The van der Waals surface area contributed by atoms with Gasteiger partial charge in [-0.25, -0.2) is 98.5 Å². The number of hydrogen-bond donors (Lipinski definition) is 4. The average molecular weight is 1800 g/mol. The van der Waals surface area contributed by atoms with Crippen molar-refractivity contribution >= 4 is 113 Å². The fourth-order valence-electron chi connectivity index (χ4n) is 13.6. The molecule has 0 radical (unpaired) electrons. The summed E-state index contributed by atoms with van der Waals surface area (Å²) in [6.07, 6.45) is 12.8. The molecule has 4 fully saturated rings. The van der Waals surface area contributed by atoms with Crippen LogP contribution in [-0.2, 0) is 4.74 Å². The lowest BCUT2D eigenvalue weighted by atomic mass is 10.0. The first kappa shape index (κ1) is 86.8. The van der Waals surface area contributed by atoms with Gasteiger partial charge in [-0.3, -0.25) is 9.59 Å². The van der Waals surface area contributed by atoms with Crippen molar-refractivity contribution in [3.8, 4) is 0 Å². The van der Waals surface area contributed by atoms with E-state index in [1.807, 2.05) is 105 Å². The summed E-state index contributed by atoms with van der Waals surface area (Å²) in [5, 5.41) is 8.69. The fraction of sp³-hybridized carbons (Fsp3) is 0.321. The number of nitrogen functional groups attached to an aromatic ring is 1. The molecule has 2 unspecified atom stereocenters. The number of aromatic nitrogens is 13. The normalized spacial score (nSPS) is 15.2. The summed E-state index contributed by atoms with van der Waals surface area (Å²) in [5.74, 6) is 0.148. The van der Waals surface area contributed by atoms with Gasteiger partial charge >= 0.3 is 6.09 Å². The van der Waals surface area contributed by atoms with Crippen molar-refractivity contribution in [2.24, 2.45) is 4.99 Å². The second-order valence-corrected chi connectivity index (χ2v) is 31.9. The average Bonchev–Trinajstić information content (AvgIpc) is 1.71. The van der Waals surface area contributed by atoms with Crippen LogP contribution in [0.3, 0.4) is 0 Å². The molecule has 4 aliphatic rings. The fourth-order valence-corrected chi connectivity index (χ4v) is 14.5. The molecule has 0 spiro atoms. The van der Waals surface area contributed by atoms with Gasteiger partial charge in [-0.15, -0.1) is 0 Å². The quantitative estimate of drug-likeness (QED) is 0.0459. The molecule has 13 heterocycles. The highest BCUT2D eigenvalue weighted by Crippen LogP contribution is 2.38. The van der Waals surface area contributed by atoms with Crippen LogP contribution in [0.4, 0.5) is 83.2 Å². The Morgan fingerprint density at radius 2 is 0.909 bits per heavy atom. The number of fused-ring (bicyclic) bond motifs is 4. The SMILES string of the molecule is Cc1cn2cc(Br)c(C(F)F)cc2n1.Cc1cn2cc(N=C(c3ccccc3)c3ccccc3)c(C(F)F)cc2n1.Cc1cn2cc(NC(=O)c3cnc(N4CCC(N(C(=O)OC(C)(C)C)C5CC5)C4)cn3)c(C(F)F)cc2n1.Cc1cn2cc(NC(=O)c3cnc(N4CCC(NC5CC5)C4)cn3)c(C(F)F)cc2n1.Nc1cc(C(F)F)c(Br)cn1. The minimum atomic E-state index is -2.79. The minimum Gasteiger partial charge on any atom is -0.444 e. The number of anilines is 5. The Hall–Kier alpha value is -12.0. The summed E-state index contributed by atoms with van der Waals surface area (Å²) in [7, 11) is 0. The number of rotatable bonds is 18. The molecule has 13 aromatic rings. The van der Waals surface area contributed by atoms with E-state index >= 15 is 0 Å². The lowest BCUT2D eigenvalue weighted by Crippen LogP contribution is -2.46. The number of ether oxygens (including phenoxy) is 1. The lowest BCUT2D eigenvalue weighted by molar-refractivity contribution is 0.0158. The van der Waals surface area contributed by atoms with E-state index < -0.39 is 49.5 Å². The molecule has 2 atom stereocenters. The molecule has 3 amide bonds. The number of carbonyl (C=O) groups is 3. The predicted molar refractivity (Wildman–Crippen MR) is 445 cm³/mol. The monoisotopic (exact) mass is 1800 g/mol. The van der Waals surface area contributed by atoms with Crippen molar-refractivity contribution < 1.29 is 63.0 Å². The third kappa shape index (κ3) is 22.2. The molecule has 0 bridgehead atoms. The van der Waals surface area contributed by atoms with Gasteiger partial charge in [-0.05, 0) is 149 Å². The molecule has 2 aromatic carbocycles. The van der Waals surface area contributed by atoms with E-state index in [0.717, 1.165) is 67.4 Å². The van der Waals surface area contributed by atoms with E-state index in [1.165, 1.54) is 74.3 Å². The highest BCUT2D eigenvalue weighted by molar-refractivity contribution is 9.10. The van der Waals surface area contributed by atoms with Crippen LogP contribution in [0.25, 0.3) is 22.6 Å². The topological polar surface area (TPSA) is 278 Å². The van der Waals surface area contributed by atoms with Gasteiger partial charge in [0, 0.05) is 148 Å². The smallest absolute Gasteiger partial charge is 0.410 e. The molecule has 632 valence electrons. The number of carbonyl (C=O) groups excluding carboxylic acids is 3. The number of aryl methyl sites for hydroxylation is 4. The largest absolute Gasteiger partial charge is 0.444 e. The van der Waals surface area contributed by atoms with Crippen molar-refractivity contribution in [2.75, 3.05) is 52.3 Å². The summed E-state index contributed by atoms with van der Waals surface area (Å²) >= 11 is 6.03. The van der Waals surface area contributed by atoms with Gasteiger partial charge in [-0.2, -0.15) is 0 Å².